The number of fused-ring (bicyclic) bond motifs is 3. The molecule has 0 fully saturated rings. The Bertz CT molecular complexity index is 856. The molecular weight excluding hydrogens is 343 g/mol. The number of benzene rings is 1. The molecule has 0 saturated heterocycles. The van der Waals surface area contributed by atoms with Crippen LogP contribution in [0.1, 0.15) is 24.8 Å². The predicted octanol–water partition coefficient (Wildman–Crippen LogP) is 4.13. The summed E-state index contributed by atoms with van der Waals surface area (Å²) in [6, 6.07) is 6.95. The zero-order valence-electron chi connectivity index (χ0n) is 12.5. The first kappa shape index (κ1) is 16.8. The highest BCUT2D eigenvalue weighted by Crippen LogP contribution is 2.51. The Morgan fingerprint density at radius 1 is 1.33 bits per heavy atom. The molecule has 1 aliphatic carbocycles. The molecule has 0 unspecified atom stereocenters. The number of allylic oxidation sites excluding steroid dienone is 3. The van der Waals surface area contributed by atoms with Crippen molar-refractivity contribution in [3.63, 3.8) is 0 Å². The van der Waals surface area contributed by atoms with E-state index in [1.165, 1.54) is 12.2 Å². The third kappa shape index (κ3) is 2.36. The summed E-state index contributed by atoms with van der Waals surface area (Å²) in [6.07, 6.45) is 3.99. The van der Waals surface area contributed by atoms with Crippen LogP contribution in [0.3, 0.4) is 0 Å². The Hall–Kier alpha value is -2.09. The van der Waals surface area contributed by atoms with Crippen LogP contribution in [0.15, 0.2) is 53.7 Å². The van der Waals surface area contributed by atoms with Crippen LogP contribution in [0, 0.1) is 0 Å². The molecule has 24 heavy (non-hydrogen) atoms. The van der Waals surface area contributed by atoms with E-state index in [-0.39, 0.29) is 12.2 Å². The van der Waals surface area contributed by atoms with E-state index < -0.39 is 21.0 Å². The minimum atomic E-state index is -5.75. The Morgan fingerprint density at radius 3 is 2.71 bits per heavy atom. The lowest BCUT2D eigenvalue weighted by molar-refractivity contribution is -0.0526. The molecule has 8 heteroatoms. The quantitative estimate of drug-likeness (QED) is 0.462. The molecule has 1 aromatic rings. The maximum atomic E-state index is 12.7. The summed E-state index contributed by atoms with van der Waals surface area (Å²) >= 11 is 0. The van der Waals surface area contributed by atoms with Gasteiger partial charge in [-0.15, -0.1) is 6.58 Å². The van der Waals surface area contributed by atoms with Gasteiger partial charge in [0.25, 0.3) is 0 Å². The summed E-state index contributed by atoms with van der Waals surface area (Å²) in [5, 5.41) is 0. The number of hydrogen-bond donors (Lipinski definition) is 0. The van der Waals surface area contributed by atoms with Crippen molar-refractivity contribution < 1.29 is 25.8 Å². The van der Waals surface area contributed by atoms with Gasteiger partial charge in [0.1, 0.15) is 5.76 Å². The zero-order valence-corrected chi connectivity index (χ0v) is 13.3. The summed E-state index contributed by atoms with van der Waals surface area (Å²) in [5.41, 5.74) is -4.80. The molecule has 1 atom stereocenters. The van der Waals surface area contributed by atoms with Crippen LogP contribution in [-0.2, 0) is 19.7 Å². The van der Waals surface area contributed by atoms with E-state index in [0.29, 0.717) is 29.8 Å². The Morgan fingerprint density at radius 2 is 2.04 bits per heavy atom. The maximum Gasteiger partial charge on any atom is 0.534 e. The molecule has 0 radical (unpaired) electrons. The van der Waals surface area contributed by atoms with E-state index in [1.54, 1.807) is 24.3 Å². The monoisotopic (exact) mass is 357 g/mol. The van der Waals surface area contributed by atoms with E-state index in [2.05, 4.69) is 15.8 Å². The smallest absolute Gasteiger partial charge is 0.380 e. The van der Waals surface area contributed by atoms with Crippen molar-refractivity contribution >= 4 is 21.5 Å². The summed E-state index contributed by atoms with van der Waals surface area (Å²) in [4.78, 5) is 4.48. The summed E-state index contributed by atoms with van der Waals surface area (Å²) in [7, 11) is -5.75. The lowest BCUT2D eigenvalue weighted by Gasteiger charge is -2.35. The summed E-state index contributed by atoms with van der Waals surface area (Å²) in [5.74, 6) is -0.255. The highest BCUT2D eigenvalue weighted by Gasteiger charge is 2.54. The van der Waals surface area contributed by atoms with E-state index in [0.717, 1.165) is 0 Å². The second kappa shape index (κ2) is 5.47. The van der Waals surface area contributed by atoms with Gasteiger partial charge in [-0.05, 0) is 37.0 Å². The normalized spacial score (nSPS) is 23.0. The fourth-order valence-electron chi connectivity index (χ4n) is 3.20. The van der Waals surface area contributed by atoms with Crippen LogP contribution in [0.4, 0.5) is 18.9 Å². The minimum Gasteiger partial charge on any atom is -0.380 e. The molecule has 0 aromatic heterocycles. The first-order valence-electron chi connectivity index (χ1n) is 7.22. The molecule has 128 valence electrons. The van der Waals surface area contributed by atoms with Crippen LogP contribution >= 0.6 is 0 Å². The molecule has 0 saturated carbocycles. The Labute approximate surface area is 137 Å². The lowest BCUT2D eigenvalue weighted by atomic mass is 9.69. The van der Waals surface area contributed by atoms with Crippen molar-refractivity contribution in [3.05, 3.63) is 54.3 Å². The zero-order chi connectivity index (χ0) is 17.6. The van der Waals surface area contributed by atoms with Gasteiger partial charge in [0, 0.05) is 5.71 Å². The molecule has 1 heterocycles. The van der Waals surface area contributed by atoms with Crippen molar-refractivity contribution in [3.8, 4) is 0 Å². The van der Waals surface area contributed by atoms with Crippen LogP contribution in [0.2, 0.25) is 0 Å². The Balaban J connectivity index is 2.15. The number of aliphatic imine (C=N–C) groups is 1. The van der Waals surface area contributed by atoms with Crippen LogP contribution < -0.4 is 0 Å². The average Bonchev–Trinajstić information content (AvgIpc) is 2.82. The first-order valence-corrected chi connectivity index (χ1v) is 8.63. The molecule has 3 rings (SSSR count). The third-order valence-electron chi connectivity index (χ3n) is 4.18. The van der Waals surface area contributed by atoms with Crippen LogP contribution in [0.5, 0.6) is 0 Å². The first-order chi connectivity index (χ1) is 11.2. The topological polar surface area (TPSA) is 55.7 Å². The predicted molar refractivity (Wildman–Crippen MR) is 83.4 cm³/mol. The number of para-hydroxylation sites is 1. The van der Waals surface area contributed by atoms with E-state index >= 15 is 0 Å². The van der Waals surface area contributed by atoms with Crippen molar-refractivity contribution in [1.29, 1.82) is 0 Å². The lowest BCUT2D eigenvalue weighted by Crippen LogP contribution is -2.40. The number of alkyl halides is 3. The molecule has 1 aromatic carbocycles. The number of rotatable bonds is 4. The van der Waals surface area contributed by atoms with Crippen molar-refractivity contribution in [2.45, 2.75) is 30.2 Å². The molecule has 0 amide bonds. The van der Waals surface area contributed by atoms with E-state index in [1.807, 2.05) is 0 Å². The second-order valence-electron chi connectivity index (χ2n) is 5.56. The SMILES string of the molecule is C=CC[C@]12C(OS(=O)(=O)C(F)(F)F)=CCCC1=Nc1ccccc12. The van der Waals surface area contributed by atoms with Gasteiger partial charge in [0.15, 0.2) is 0 Å². The molecule has 0 spiro atoms. The van der Waals surface area contributed by atoms with Gasteiger partial charge in [-0.25, -0.2) is 0 Å². The largest absolute Gasteiger partial charge is 0.534 e. The fraction of sp³-hybridized carbons (Fsp3) is 0.312. The third-order valence-corrected chi connectivity index (χ3v) is 5.14. The van der Waals surface area contributed by atoms with E-state index in [4.69, 9.17) is 0 Å². The van der Waals surface area contributed by atoms with Gasteiger partial charge < -0.3 is 4.18 Å². The van der Waals surface area contributed by atoms with Gasteiger partial charge in [0.2, 0.25) is 0 Å². The van der Waals surface area contributed by atoms with Crippen molar-refractivity contribution in [2.24, 2.45) is 4.99 Å². The van der Waals surface area contributed by atoms with Gasteiger partial charge in [-0.2, -0.15) is 21.6 Å². The standard InChI is InChI=1S/C16H14F3NO3S/c1-2-10-15-11-6-3-4-7-12(11)20-13(15)8-5-9-14(15)23-24(21,22)16(17,18)19/h2-4,6-7,9H,1,5,8,10H2/t15-/m1/s1. The highest BCUT2D eigenvalue weighted by molar-refractivity contribution is 7.87. The van der Waals surface area contributed by atoms with E-state index in [9.17, 15) is 21.6 Å². The number of halogens is 3. The molecule has 1 aliphatic heterocycles. The molecule has 0 N–H and O–H groups in total. The maximum absolute atomic E-state index is 12.7. The second-order valence-corrected chi connectivity index (χ2v) is 7.10. The fourth-order valence-corrected chi connectivity index (χ4v) is 3.74. The Kier molecular flexibility index (Phi) is 3.82. The number of hydrogen-bond acceptors (Lipinski definition) is 4. The highest BCUT2D eigenvalue weighted by atomic mass is 32.2. The molecule has 4 nitrogen and oxygen atoms in total. The van der Waals surface area contributed by atoms with Gasteiger partial charge in [-0.1, -0.05) is 24.3 Å². The van der Waals surface area contributed by atoms with Gasteiger partial charge >= 0.3 is 15.6 Å². The van der Waals surface area contributed by atoms with Crippen molar-refractivity contribution in [2.75, 3.05) is 0 Å². The van der Waals surface area contributed by atoms with Gasteiger partial charge in [0.05, 0.1) is 11.1 Å². The minimum absolute atomic E-state index is 0.196. The molecule has 2 aliphatic rings. The number of nitrogens with zero attached hydrogens (tertiary/aromatic N) is 1. The van der Waals surface area contributed by atoms with Crippen LogP contribution in [-0.4, -0.2) is 19.6 Å². The summed E-state index contributed by atoms with van der Waals surface area (Å²) in [6.45, 7) is 3.65. The average molecular weight is 357 g/mol. The van der Waals surface area contributed by atoms with Crippen LogP contribution in [0.25, 0.3) is 0 Å². The van der Waals surface area contributed by atoms with Crippen molar-refractivity contribution in [1.82, 2.24) is 0 Å². The van der Waals surface area contributed by atoms with Gasteiger partial charge in [-0.3, -0.25) is 4.99 Å². The summed E-state index contributed by atoms with van der Waals surface area (Å²) < 4.78 is 65.8. The molecular formula is C16H14F3NO3S. The molecule has 0 bridgehead atoms.